The minimum absolute atomic E-state index is 0.0216. The summed E-state index contributed by atoms with van der Waals surface area (Å²) in [7, 11) is 0. The van der Waals surface area contributed by atoms with Crippen LogP contribution in [0.25, 0.3) is 0 Å². The molecule has 0 amide bonds. The predicted octanol–water partition coefficient (Wildman–Crippen LogP) is 4.36. The van der Waals surface area contributed by atoms with Gasteiger partial charge in [-0.2, -0.15) is 0 Å². The highest BCUT2D eigenvalue weighted by atomic mass is 32.1. The molecule has 1 saturated carbocycles. The predicted molar refractivity (Wildman–Crippen MR) is 104 cm³/mol. The van der Waals surface area contributed by atoms with Gasteiger partial charge >= 0.3 is 5.97 Å². The number of fused-ring (bicyclic) bond motifs is 1. The molecule has 0 bridgehead atoms. The van der Waals surface area contributed by atoms with Crippen LogP contribution in [0.15, 0.2) is 42.3 Å². The van der Waals surface area contributed by atoms with E-state index in [1.807, 2.05) is 17.9 Å². The first-order chi connectivity index (χ1) is 12.9. The van der Waals surface area contributed by atoms with Gasteiger partial charge in [0.15, 0.2) is 10.8 Å². The van der Waals surface area contributed by atoms with Gasteiger partial charge < -0.3 is 4.74 Å². The van der Waals surface area contributed by atoms with Gasteiger partial charge in [-0.15, -0.1) is 11.3 Å². The van der Waals surface area contributed by atoms with E-state index in [-0.39, 0.29) is 17.7 Å². The molecule has 2 aliphatic rings. The van der Waals surface area contributed by atoms with Gasteiger partial charge in [-0.3, -0.25) is 14.5 Å². The van der Waals surface area contributed by atoms with Crippen LogP contribution >= 0.6 is 11.3 Å². The van der Waals surface area contributed by atoms with Crippen LogP contribution in [0, 0.1) is 5.92 Å². The summed E-state index contributed by atoms with van der Waals surface area (Å²) >= 11 is 1.46. The van der Waals surface area contributed by atoms with Crippen molar-refractivity contribution in [3.05, 3.63) is 52.7 Å². The number of hydrogen-bond acceptors (Lipinski definition) is 5. The van der Waals surface area contributed by atoms with Crippen molar-refractivity contribution in [3.8, 4) is 5.06 Å². The molecule has 1 unspecified atom stereocenters. The van der Waals surface area contributed by atoms with Gasteiger partial charge in [-0.1, -0.05) is 18.7 Å². The average molecular weight is 389 g/mol. The number of carbonyl (C=O) groups excluding carboxylic acids is 2. The first-order valence-corrected chi connectivity index (χ1v) is 9.98. The summed E-state index contributed by atoms with van der Waals surface area (Å²) in [5, 5.41) is 0.570. The van der Waals surface area contributed by atoms with Gasteiger partial charge in [0, 0.05) is 36.4 Å². The largest absolute Gasteiger partial charge is 0.416 e. The standard InChI is InChI=1S/C21H24FNO3S/c1-4-6-16(17(22)5-2)20(21(25)14-7-8-14)23-10-9-18-15(12-23)11-19(27-18)26-13(3)24/h4-6,11,14,20H,2,7-10,12H2,1,3H3/b6-4-,17-16-. The van der Waals surface area contributed by atoms with Crippen LogP contribution in [0.3, 0.4) is 0 Å². The lowest BCUT2D eigenvalue weighted by molar-refractivity contribution is -0.131. The summed E-state index contributed by atoms with van der Waals surface area (Å²) in [4.78, 5) is 27.4. The summed E-state index contributed by atoms with van der Waals surface area (Å²) in [5.74, 6) is -0.699. The van der Waals surface area contributed by atoms with E-state index in [4.69, 9.17) is 4.74 Å². The lowest BCUT2D eigenvalue weighted by Gasteiger charge is -2.34. The van der Waals surface area contributed by atoms with Crippen molar-refractivity contribution in [2.45, 2.75) is 45.7 Å². The third kappa shape index (κ3) is 4.45. The summed E-state index contributed by atoms with van der Waals surface area (Å²) in [6, 6.07) is 1.24. The molecule has 4 nitrogen and oxygen atoms in total. The van der Waals surface area contributed by atoms with E-state index in [0.717, 1.165) is 29.7 Å². The Kier molecular flexibility index (Phi) is 6.07. The number of hydrogen-bond donors (Lipinski definition) is 0. The van der Waals surface area contributed by atoms with Gasteiger partial charge in [0.25, 0.3) is 0 Å². The number of allylic oxidation sites excluding steroid dienone is 3. The SMILES string of the molecule is C=C/C(F)=C(\C=C/C)C(C(=O)C1CC1)N1CCc2sc(OC(C)=O)cc2C1. The maximum atomic E-state index is 14.6. The Morgan fingerprint density at radius 2 is 2.19 bits per heavy atom. The number of rotatable bonds is 7. The molecule has 1 aromatic heterocycles. The van der Waals surface area contributed by atoms with Crippen LogP contribution in [0.5, 0.6) is 5.06 Å². The molecule has 0 aromatic carbocycles. The Balaban J connectivity index is 1.91. The second-order valence-corrected chi connectivity index (χ2v) is 8.01. The van der Waals surface area contributed by atoms with Crippen molar-refractivity contribution in [3.63, 3.8) is 0 Å². The second-order valence-electron chi connectivity index (χ2n) is 6.91. The zero-order valence-corrected chi connectivity index (χ0v) is 16.5. The molecule has 1 aliphatic carbocycles. The van der Waals surface area contributed by atoms with Crippen molar-refractivity contribution in [2.24, 2.45) is 5.92 Å². The van der Waals surface area contributed by atoms with Crippen LogP contribution in [-0.2, 0) is 22.6 Å². The maximum Gasteiger partial charge on any atom is 0.308 e. The number of nitrogens with zero attached hydrogens (tertiary/aromatic N) is 1. The lowest BCUT2D eigenvalue weighted by atomic mass is 9.94. The first kappa shape index (κ1) is 19.7. The molecule has 27 heavy (non-hydrogen) atoms. The number of ether oxygens (including phenoxy) is 1. The highest BCUT2D eigenvalue weighted by Crippen LogP contribution is 2.38. The van der Waals surface area contributed by atoms with E-state index in [2.05, 4.69) is 6.58 Å². The molecule has 1 fully saturated rings. The van der Waals surface area contributed by atoms with Crippen LogP contribution in [0.1, 0.15) is 37.1 Å². The Labute approximate surface area is 163 Å². The zero-order valence-electron chi connectivity index (χ0n) is 15.7. The van der Waals surface area contributed by atoms with Crippen LogP contribution in [0.4, 0.5) is 4.39 Å². The molecule has 1 atom stereocenters. The minimum atomic E-state index is -0.614. The average Bonchev–Trinajstić information content (AvgIpc) is 3.40. The van der Waals surface area contributed by atoms with Crippen molar-refractivity contribution in [1.29, 1.82) is 0 Å². The molecule has 1 aliphatic heterocycles. The van der Waals surface area contributed by atoms with E-state index in [1.54, 1.807) is 12.2 Å². The molecule has 3 rings (SSSR count). The quantitative estimate of drug-likeness (QED) is 0.513. The van der Waals surface area contributed by atoms with Crippen molar-refractivity contribution in [2.75, 3.05) is 6.54 Å². The fourth-order valence-corrected chi connectivity index (χ4v) is 4.51. The number of halogens is 1. The summed E-state index contributed by atoms with van der Waals surface area (Å²) < 4.78 is 19.8. The zero-order chi connectivity index (χ0) is 19.6. The fraction of sp³-hybridized carbons (Fsp3) is 0.429. The molecule has 144 valence electrons. The minimum Gasteiger partial charge on any atom is -0.416 e. The third-order valence-electron chi connectivity index (χ3n) is 4.83. The van der Waals surface area contributed by atoms with Crippen LogP contribution < -0.4 is 4.74 Å². The summed E-state index contributed by atoms with van der Waals surface area (Å²) in [6.45, 7) is 7.91. The van der Waals surface area contributed by atoms with Gasteiger partial charge in [0.2, 0.25) is 0 Å². The molecule has 6 heteroatoms. The Hall–Kier alpha value is -2.05. The van der Waals surface area contributed by atoms with Crippen LogP contribution in [0.2, 0.25) is 0 Å². The highest BCUT2D eigenvalue weighted by Gasteiger charge is 2.40. The van der Waals surface area contributed by atoms with E-state index in [0.29, 0.717) is 23.7 Å². The molecule has 0 spiro atoms. The Bertz CT molecular complexity index is 819. The number of carbonyl (C=O) groups is 2. The van der Waals surface area contributed by atoms with Gasteiger partial charge in [-0.25, -0.2) is 4.39 Å². The van der Waals surface area contributed by atoms with Crippen molar-refractivity contribution in [1.82, 2.24) is 4.90 Å². The van der Waals surface area contributed by atoms with Gasteiger partial charge in [-0.05, 0) is 43.9 Å². The Morgan fingerprint density at radius 1 is 1.44 bits per heavy atom. The molecule has 0 N–H and O–H groups in total. The number of ketones is 1. The normalized spacial score (nSPS) is 19.4. The van der Waals surface area contributed by atoms with Gasteiger partial charge in [0.1, 0.15) is 5.83 Å². The fourth-order valence-electron chi connectivity index (χ4n) is 3.46. The van der Waals surface area contributed by atoms with Gasteiger partial charge in [0.05, 0.1) is 6.04 Å². The summed E-state index contributed by atoms with van der Waals surface area (Å²) in [6.07, 6.45) is 7.10. The Morgan fingerprint density at radius 3 is 2.78 bits per heavy atom. The second kappa shape index (κ2) is 8.31. The lowest BCUT2D eigenvalue weighted by Crippen LogP contribution is -2.45. The molecule has 2 heterocycles. The molecular weight excluding hydrogens is 365 g/mol. The first-order valence-electron chi connectivity index (χ1n) is 9.17. The molecular formula is C21H24FNO3S. The number of Topliss-reactive ketones (excluding diaryl/α,β-unsaturated/α-hetero) is 1. The number of thiophene rings is 1. The monoisotopic (exact) mass is 389 g/mol. The smallest absolute Gasteiger partial charge is 0.308 e. The molecule has 1 aromatic rings. The van der Waals surface area contributed by atoms with Crippen LogP contribution in [-0.4, -0.2) is 29.2 Å². The van der Waals surface area contributed by atoms with E-state index in [1.165, 1.54) is 24.3 Å². The number of esters is 1. The topological polar surface area (TPSA) is 46.6 Å². The highest BCUT2D eigenvalue weighted by molar-refractivity contribution is 7.14. The van der Waals surface area contributed by atoms with E-state index < -0.39 is 11.9 Å². The van der Waals surface area contributed by atoms with Crippen molar-refractivity contribution >= 4 is 23.1 Å². The maximum absolute atomic E-state index is 14.6. The molecule has 0 saturated heterocycles. The molecule has 0 radical (unpaired) electrons. The third-order valence-corrected chi connectivity index (χ3v) is 5.94. The van der Waals surface area contributed by atoms with E-state index in [9.17, 15) is 14.0 Å². The van der Waals surface area contributed by atoms with Crippen molar-refractivity contribution < 1.29 is 18.7 Å². The van der Waals surface area contributed by atoms with E-state index >= 15 is 0 Å². The summed E-state index contributed by atoms with van der Waals surface area (Å²) in [5.41, 5.74) is 1.42.